The molecule has 134 valence electrons. The second-order valence-electron chi connectivity index (χ2n) is 6.90. The summed E-state index contributed by atoms with van der Waals surface area (Å²) in [7, 11) is 0. The molecular weight excluding hydrogens is 336 g/mol. The lowest BCUT2D eigenvalue weighted by molar-refractivity contribution is 0.0698. The number of hydrogen-bond donors (Lipinski definition) is 1. The van der Waals surface area contributed by atoms with E-state index in [0.29, 0.717) is 11.7 Å². The number of piperidine rings is 1. The minimum absolute atomic E-state index is 0. The number of amides is 1. The minimum Gasteiger partial charge on any atom is -0.337 e. The highest BCUT2D eigenvalue weighted by Crippen LogP contribution is 2.28. The van der Waals surface area contributed by atoms with E-state index in [1.807, 2.05) is 47.5 Å². The Morgan fingerprint density at radius 3 is 2.48 bits per heavy atom. The summed E-state index contributed by atoms with van der Waals surface area (Å²) >= 11 is 0. The van der Waals surface area contributed by atoms with Crippen LogP contribution >= 0.6 is 12.4 Å². The molecule has 0 radical (unpaired) electrons. The van der Waals surface area contributed by atoms with E-state index in [4.69, 9.17) is 0 Å². The van der Waals surface area contributed by atoms with E-state index in [-0.39, 0.29) is 18.3 Å². The third-order valence-corrected chi connectivity index (χ3v) is 5.00. The van der Waals surface area contributed by atoms with Crippen LogP contribution in [0.25, 0.3) is 5.69 Å². The number of benzene rings is 1. The van der Waals surface area contributed by atoms with Gasteiger partial charge in [0, 0.05) is 25.3 Å². The van der Waals surface area contributed by atoms with Crippen molar-refractivity contribution in [1.29, 1.82) is 0 Å². The second kappa shape index (κ2) is 8.02. The van der Waals surface area contributed by atoms with Crippen molar-refractivity contribution in [3.05, 3.63) is 48.3 Å². The molecule has 1 saturated heterocycles. The fourth-order valence-corrected chi connectivity index (χ4v) is 3.27. The Morgan fingerprint density at radius 1 is 1.08 bits per heavy atom. The molecule has 1 aliphatic heterocycles. The predicted octanol–water partition coefficient (Wildman–Crippen LogP) is 2.90. The Bertz CT molecular complexity index is 690. The van der Waals surface area contributed by atoms with Gasteiger partial charge in [0.2, 0.25) is 0 Å². The monoisotopic (exact) mass is 360 g/mol. The molecule has 0 atom stereocenters. The number of halogens is 1. The summed E-state index contributed by atoms with van der Waals surface area (Å²) in [5, 5.41) is 8.10. The minimum atomic E-state index is 0. The Labute approximate surface area is 154 Å². The van der Waals surface area contributed by atoms with E-state index in [2.05, 4.69) is 10.4 Å². The number of aromatic nitrogens is 2. The molecule has 2 heterocycles. The highest BCUT2D eigenvalue weighted by atomic mass is 35.5. The first kappa shape index (κ1) is 18.0. The quantitative estimate of drug-likeness (QED) is 0.892. The van der Waals surface area contributed by atoms with Crippen LogP contribution in [0.15, 0.2) is 42.6 Å². The molecule has 25 heavy (non-hydrogen) atoms. The molecule has 1 aromatic heterocycles. The van der Waals surface area contributed by atoms with Gasteiger partial charge in [0.15, 0.2) is 5.69 Å². The van der Waals surface area contributed by atoms with E-state index >= 15 is 0 Å². The molecule has 4 rings (SSSR count). The van der Waals surface area contributed by atoms with Crippen LogP contribution in [0.3, 0.4) is 0 Å². The molecule has 2 aliphatic rings. The molecule has 1 aromatic carbocycles. The van der Waals surface area contributed by atoms with Gasteiger partial charge in [-0.25, -0.2) is 4.68 Å². The molecule has 1 aliphatic carbocycles. The fourth-order valence-electron chi connectivity index (χ4n) is 3.27. The van der Waals surface area contributed by atoms with Crippen LogP contribution in [-0.2, 0) is 0 Å². The smallest absolute Gasteiger partial charge is 0.274 e. The summed E-state index contributed by atoms with van der Waals surface area (Å²) in [6.07, 6.45) is 6.70. The van der Waals surface area contributed by atoms with Crippen molar-refractivity contribution in [1.82, 2.24) is 20.0 Å². The molecule has 1 amide bonds. The van der Waals surface area contributed by atoms with E-state index in [1.54, 1.807) is 4.68 Å². The van der Waals surface area contributed by atoms with Crippen LogP contribution in [0.4, 0.5) is 0 Å². The number of para-hydroxylation sites is 1. The zero-order valence-corrected chi connectivity index (χ0v) is 15.1. The third kappa shape index (κ3) is 4.41. The molecular formula is C19H25ClN4O. The molecule has 1 saturated carbocycles. The second-order valence-corrected chi connectivity index (χ2v) is 6.90. The Kier molecular flexibility index (Phi) is 5.76. The van der Waals surface area contributed by atoms with Crippen molar-refractivity contribution in [3.8, 4) is 5.69 Å². The highest BCUT2D eigenvalue weighted by Gasteiger charge is 2.27. The number of nitrogens with one attached hydrogen (secondary N) is 1. The lowest BCUT2D eigenvalue weighted by atomic mass is 10.0. The molecule has 0 unspecified atom stereocenters. The molecule has 0 bridgehead atoms. The Hall–Kier alpha value is -1.85. The lowest BCUT2D eigenvalue weighted by Crippen LogP contribution is -2.45. The van der Waals surface area contributed by atoms with Crippen LogP contribution in [0.2, 0.25) is 0 Å². The number of likely N-dealkylation sites (tertiary alicyclic amines) is 1. The van der Waals surface area contributed by atoms with Gasteiger partial charge >= 0.3 is 0 Å². The fraction of sp³-hybridized carbons (Fsp3) is 0.474. The van der Waals surface area contributed by atoms with E-state index in [9.17, 15) is 4.79 Å². The molecule has 2 aromatic rings. The number of hydrogen-bond acceptors (Lipinski definition) is 3. The normalized spacial score (nSPS) is 18.0. The first-order valence-electron chi connectivity index (χ1n) is 8.93. The van der Waals surface area contributed by atoms with Crippen LogP contribution in [0.5, 0.6) is 0 Å². The van der Waals surface area contributed by atoms with Gasteiger partial charge in [-0.15, -0.1) is 12.4 Å². The summed E-state index contributed by atoms with van der Waals surface area (Å²) in [5.74, 6) is 0.955. The van der Waals surface area contributed by atoms with Crippen molar-refractivity contribution >= 4 is 18.3 Å². The molecule has 2 fully saturated rings. The van der Waals surface area contributed by atoms with E-state index in [1.165, 1.54) is 12.8 Å². The van der Waals surface area contributed by atoms with Gasteiger partial charge < -0.3 is 10.2 Å². The largest absolute Gasteiger partial charge is 0.337 e. The Morgan fingerprint density at radius 2 is 1.80 bits per heavy atom. The molecule has 1 N–H and O–H groups in total. The van der Waals surface area contributed by atoms with Gasteiger partial charge in [0.1, 0.15) is 0 Å². The Balaban J connectivity index is 0.00000182. The van der Waals surface area contributed by atoms with Crippen LogP contribution in [-0.4, -0.2) is 46.3 Å². The number of carbonyl (C=O) groups is 1. The maximum atomic E-state index is 12.7. The first-order valence-corrected chi connectivity index (χ1v) is 8.93. The van der Waals surface area contributed by atoms with Crippen molar-refractivity contribution in [2.45, 2.75) is 31.7 Å². The maximum Gasteiger partial charge on any atom is 0.274 e. The van der Waals surface area contributed by atoms with Crippen LogP contribution < -0.4 is 5.32 Å². The van der Waals surface area contributed by atoms with Crippen molar-refractivity contribution in [3.63, 3.8) is 0 Å². The van der Waals surface area contributed by atoms with Gasteiger partial charge in [0.25, 0.3) is 5.91 Å². The third-order valence-electron chi connectivity index (χ3n) is 5.00. The zero-order chi connectivity index (χ0) is 16.4. The van der Waals surface area contributed by atoms with E-state index in [0.717, 1.165) is 44.1 Å². The van der Waals surface area contributed by atoms with Crippen molar-refractivity contribution < 1.29 is 4.79 Å². The van der Waals surface area contributed by atoms with Crippen molar-refractivity contribution in [2.75, 3.05) is 19.6 Å². The summed E-state index contributed by atoms with van der Waals surface area (Å²) in [5.41, 5.74) is 1.50. The molecule has 6 heteroatoms. The van der Waals surface area contributed by atoms with Gasteiger partial charge in [-0.2, -0.15) is 5.10 Å². The first-order chi connectivity index (χ1) is 11.8. The molecule has 5 nitrogen and oxygen atoms in total. The van der Waals surface area contributed by atoms with E-state index < -0.39 is 0 Å². The summed E-state index contributed by atoms with van der Waals surface area (Å²) < 4.78 is 1.76. The number of nitrogens with zero attached hydrogens (tertiary/aromatic N) is 3. The highest BCUT2D eigenvalue weighted by molar-refractivity contribution is 5.92. The molecule has 0 spiro atoms. The average molecular weight is 361 g/mol. The SMILES string of the molecule is Cl.O=C(c1ccn(-c2ccccc2)n1)N1CCC(NCC2CC2)CC1. The standard InChI is InChI=1S/C19H24N4O.ClH/c24-19(18-10-13-23(21-18)17-4-2-1-3-5-17)22-11-8-16(9-12-22)20-14-15-6-7-15;/h1-5,10,13,15-16,20H,6-9,11-12,14H2;1H. The average Bonchev–Trinajstić information content (AvgIpc) is 3.34. The lowest BCUT2D eigenvalue weighted by Gasteiger charge is -2.32. The van der Waals surface area contributed by atoms with Gasteiger partial charge in [0.05, 0.1) is 5.69 Å². The maximum absolute atomic E-state index is 12.7. The van der Waals surface area contributed by atoms with Crippen molar-refractivity contribution in [2.24, 2.45) is 5.92 Å². The zero-order valence-electron chi connectivity index (χ0n) is 14.3. The van der Waals surface area contributed by atoms with Gasteiger partial charge in [-0.05, 0) is 56.3 Å². The summed E-state index contributed by atoms with van der Waals surface area (Å²) in [6, 6.07) is 12.3. The number of rotatable bonds is 5. The van der Waals surface area contributed by atoms with Crippen LogP contribution in [0.1, 0.15) is 36.2 Å². The topological polar surface area (TPSA) is 50.2 Å². The van der Waals surface area contributed by atoms with Gasteiger partial charge in [-0.3, -0.25) is 4.79 Å². The summed E-state index contributed by atoms with van der Waals surface area (Å²) in [6.45, 7) is 2.79. The number of carbonyl (C=O) groups excluding carboxylic acids is 1. The summed E-state index contributed by atoms with van der Waals surface area (Å²) in [4.78, 5) is 14.6. The van der Waals surface area contributed by atoms with Crippen LogP contribution in [0, 0.1) is 5.92 Å². The van der Waals surface area contributed by atoms with Gasteiger partial charge in [-0.1, -0.05) is 18.2 Å². The predicted molar refractivity (Wildman–Crippen MR) is 100 cm³/mol.